The van der Waals surface area contributed by atoms with E-state index in [1.807, 2.05) is 6.92 Å². The topological polar surface area (TPSA) is 44.5 Å². The summed E-state index contributed by atoms with van der Waals surface area (Å²) in [4.78, 5) is 0. The Hall–Kier alpha value is -0.740. The summed E-state index contributed by atoms with van der Waals surface area (Å²) < 4.78 is 11.8. The van der Waals surface area contributed by atoms with Crippen LogP contribution in [0, 0.1) is 6.92 Å². The second-order valence-corrected chi connectivity index (χ2v) is 4.75. The number of hydrogen-bond acceptors (Lipinski definition) is 3. The van der Waals surface area contributed by atoms with Gasteiger partial charge in [0.05, 0.1) is 18.7 Å². The van der Waals surface area contributed by atoms with Gasteiger partial charge in [-0.25, -0.2) is 0 Å². The number of benzene rings is 1. The van der Waals surface area contributed by atoms with E-state index >= 15 is 0 Å². The van der Waals surface area contributed by atoms with Gasteiger partial charge in [0.1, 0.15) is 11.5 Å². The Kier molecular flexibility index (Phi) is 5.78. The molecule has 0 heterocycles. The van der Waals surface area contributed by atoms with Gasteiger partial charge < -0.3 is 15.2 Å². The van der Waals surface area contributed by atoms with Crippen LogP contribution in [-0.2, 0) is 6.42 Å². The first-order valence-electron chi connectivity index (χ1n) is 5.75. The van der Waals surface area contributed by atoms with Crippen molar-refractivity contribution in [2.45, 2.75) is 26.2 Å². The smallest absolute Gasteiger partial charge is 0.136 e. The van der Waals surface area contributed by atoms with E-state index in [2.05, 4.69) is 22.0 Å². The molecule has 4 heteroatoms. The van der Waals surface area contributed by atoms with Gasteiger partial charge in [0.15, 0.2) is 0 Å². The molecule has 0 aliphatic rings. The molecule has 0 aliphatic carbocycles. The SMILES string of the molecule is COc1cc(CCCCN)c(OC)c(Br)c1C. The van der Waals surface area contributed by atoms with E-state index in [4.69, 9.17) is 15.2 Å². The number of unbranched alkanes of at least 4 members (excludes halogenated alkanes) is 1. The van der Waals surface area contributed by atoms with E-state index in [0.29, 0.717) is 0 Å². The fourth-order valence-corrected chi connectivity index (χ4v) is 2.44. The van der Waals surface area contributed by atoms with Crippen LogP contribution in [0.4, 0.5) is 0 Å². The van der Waals surface area contributed by atoms with Crippen LogP contribution in [0.3, 0.4) is 0 Å². The normalized spacial score (nSPS) is 10.4. The van der Waals surface area contributed by atoms with Crippen molar-refractivity contribution in [2.75, 3.05) is 20.8 Å². The van der Waals surface area contributed by atoms with Gasteiger partial charge in [-0.05, 0) is 60.3 Å². The van der Waals surface area contributed by atoms with Crippen LogP contribution in [0.5, 0.6) is 11.5 Å². The van der Waals surface area contributed by atoms with Crippen molar-refractivity contribution in [3.05, 3.63) is 21.7 Å². The minimum absolute atomic E-state index is 0.729. The number of aryl methyl sites for hydroxylation is 1. The number of ether oxygens (including phenoxy) is 2. The molecule has 96 valence electrons. The molecule has 1 aromatic rings. The number of halogens is 1. The van der Waals surface area contributed by atoms with E-state index in [-0.39, 0.29) is 0 Å². The summed E-state index contributed by atoms with van der Waals surface area (Å²) in [6.45, 7) is 2.74. The first-order chi connectivity index (χ1) is 8.15. The lowest BCUT2D eigenvalue weighted by molar-refractivity contribution is 0.393. The zero-order valence-electron chi connectivity index (χ0n) is 10.7. The maximum absolute atomic E-state index is 5.51. The summed E-state index contributed by atoms with van der Waals surface area (Å²) in [6.07, 6.45) is 3.04. The maximum Gasteiger partial charge on any atom is 0.136 e. The second kappa shape index (κ2) is 6.87. The monoisotopic (exact) mass is 301 g/mol. The number of methoxy groups -OCH3 is 2. The highest BCUT2D eigenvalue weighted by Crippen LogP contribution is 2.38. The van der Waals surface area contributed by atoms with E-state index in [9.17, 15) is 0 Å². The van der Waals surface area contributed by atoms with Gasteiger partial charge in [0.2, 0.25) is 0 Å². The molecule has 1 aromatic carbocycles. The standard InChI is InChI=1S/C13H20BrNO2/c1-9-11(16-2)8-10(6-4-5-7-15)13(17-3)12(9)14/h8H,4-7,15H2,1-3H3. The minimum Gasteiger partial charge on any atom is -0.496 e. The van der Waals surface area contributed by atoms with Crippen LogP contribution < -0.4 is 15.2 Å². The number of nitrogens with two attached hydrogens (primary N) is 1. The van der Waals surface area contributed by atoms with Crippen molar-refractivity contribution in [2.24, 2.45) is 5.73 Å². The average molecular weight is 302 g/mol. The summed E-state index contributed by atoms with van der Waals surface area (Å²) in [5.74, 6) is 1.79. The zero-order chi connectivity index (χ0) is 12.8. The Labute approximate surface area is 111 Å². The maximum atomic E-state index is 5.51. The number of rotatable bonds is 6. The molecule has 2 N–H and O–H groups in total. The molecular formula is C13H20BrNO2. The van der Waals surface area contributed by atoms with Gasteiger partial charge >= 0.3 is 0 Å². The minimum atomic E-state index is 0.729. The Bertz CT molecular complexity index is 380. The fourth-order valence-electron chi connectivity index (χ4n) is 1.83. The van der Waals surface area contributed by atoms with E-state index in [1.54, 1.807) is 14.2 Å². The molecule has 0 fully saturated rings. The quantitative estimate of drug-likeness (QED) is 0.821. The van der Waals surface area contributed by atoms with E-state index < -0.39 is 0 Å². The van der Waals surface area contributed by atoms with Crippen molar-refractivity contribution in [3.63, 3.8) is 0 Å². The molecular weight excluding hydrogens is 282 g/mol. The predicted octanol–water partition coefficient (Wildman–Crippen LogP) is 3.06. The van der Waals surface area contributed by atoms with Crippen LogP contribution in [0.2, 0.25) is 0 Å². The van der Waals surface area contributed by atoms with Crippen molar-refractivity contribution in [1.82, 2.24) is 0 Å². The van der Waals surface area contributed by atoms with E-state index in [1.165, 1.54) is 0 Å². The molecule has 0 aliphatic heterocycles. The first kappa shape index (κ1) is 14.3. The van der Waals surface area contributed by atoms with Gasteiger partial charge in [0, 0.05) is 5.56 Å². The molecule has 0 aromatic heterocycles. The third-order valence-corrected chi connectivity index (χ3v) is 3.77. The molecule has 0 saturated carbocycles. The van der Waals surface area contributed by atoms with Crippen LogP contribution in [-0.4, -0.2) is 20.8 Å². The molecule has 0 unspecified atom stereocenters. The molecule has 0 atom stereocenters. The van der Waals surface area contributed by atoms with Crippen molar-refractivity contribution in [3.8, 4) is 11.5 Å². The van der Waals surface area contributed by atoms with Gasteiger partial charge in [-0.2, -0.15) is 0 Å². The van der Waals surface area contributed by atoms with Crippen LogP contribution >= 0.6 is 15.9 Å². The highest BCUT2D eigenvalue weighted by Gasteiger charge is 2.14. The fraction of sp³-hybridized carbons (Fsp3) is 0.538. The Morgan fingerprint density at radius 2 is 1.94 bits per heavy atom. The molecule has 0 radical (unpaired) electrons. The van der Waals surface area contributed by atoms with E-state index in [0.717, 1.165) is 52.9 Å². The largest absolute Gasteiger partial charge is 0.496 e. The van der Waals surface area contributed by atoms with Gasteiger partial charge in [-0.15, -0.1) is 0 Å². The lowest BCUT2D eigenvalue weighted by Gasteiger charge is -2.15. The van der Waals surface area contributed by atoms with Gasteiger partial charge in [-0.1, -0.05) is 0 Å². The van der Waals surface area contributed by atoms with Gasteiger partial charge in [0.25, 0.3) is 0 Å². The van der Waals surface area contributed by atoms with Crippen molar-refractivity contribution >= 4 is 15.9 Å². The summed E-state index contributed by atoms with van der Waals surface area (Å²) in [5.41, 5.74) is 7.73. The predicted molar refractivity (Wildman–Crippen MR) is 74.0 cm³/mol. The van der Waals surface area contributed by atoms with Crippen molar-refractivity contribution < 1.29 is 9.47 Å². The summed E-state index contributed by atoms with van der Waals surface area (Å²) in [6, 6.07) is 2.05. The molecule has 0 bridgehead atoms. The Morgan fingerprint density at radius 1 is 1.24 bits per heavy atom. The Morgan fingerprint density at radius 3 is 2.47 bits per heavy atom. The van der Waals surface area contributed by atoms with Crippen LogP contribution in [0.25, 0.3) is 0 Å². The summed E-state index contributed by atoms with van der Waals surface area (Å²) in [5, 5.41) is 0. The third kappa shape index (κ3) is 3.36. The van der Waals surface area contributed by atoms with Crippen LogP contribution in [0.1, 0.15) is 24.0 Å². The lowest BCUT2D eigenvalue weighted by atomic mass is 10.0. The van der Waals surface area contributed by atoms with Crippen molar-refractivity contribution in [1.29, 1.82) is 0 Å². The molecule has 3 nitrogen and oxygen atoms in total. The average Bonchev–Trinajstić information content (AvgIpc) is 2.34. The van der Waals surface area contributed by atoms with Gasteiger partial charge in [-0.3, -0.25) is 0 Å². The molecule has 17 heavy (non-hydrogen) atoms. The molecule has 0 spiro atoms. The molecule has 0 amide bonds. The number of hydrogen-bond donors (Lipinski definition) is 1. The highest BCUT2D eigenvalue weighted by molar-refractivity contribution is 9.10. The zero-order valence-corrected chi connectivity index (χ0v) is 12.3. The molecule has 0 saturated heterocycles. The highest BCUT2D eigenvalue weighted by atomic mass is 79.9. The van der Waals surface area contributed by atoms with Crippen LogP contribution in [0.15, 0.2) is 10.5 Å². The summed E-state index contributed by atoms with van der Waals surface area (Å²) in [7, 11) is 3.38. The summed E-state index contributed by atoms with van der Waals surface area (Å²) >= 11 is 3.56. The first-order valence-corrected chi connectivity index (χ1v) is 6.55. The molecule has 1 rings (SSSR count). The third-order valence-electron chi connectivity index (χ3n) is 2.82. The Balaban J connectivity index is 3.04. The second-order valence-electron chi connectivity index (χ2n) is 3.96. The lowest BCUT2D eigenvalue weighted by Crippen LogP contribution is -2.01.